The van der Waals surface area contributed by atoms with Gasteiger partial charge in [-0.2, -0.15) is 0 Å². The van der Waals surface area contributed by atoms with Crippen LogP contribution in [-0.4, -0.2) is 39.8 Å². The van der Waals surface area contributed by atoms with Crippen LogP contribution in [0.3, 0.4) is 0 Å². The van der Waals surface area contributed by atoms with Crippen molar-refractivity contribution in [2.45, 2.75) is 45.4 Å². The second-order valence-electron chi connectivity index (χ2n) is 5.30. The monoisotopic (exact) mass is 255 g/mol. The van der Waals surface area contributed by atoms with E-state index in [2.05, 4.69) is 22.5 Å². The zero-order valence-corrected chi connectivity index (χ0v) is 12.2. The van der Waals surface area contributed by atoms with Crippen LogP contribution in [0.15, 0.2) is 4.99 Å². The molecule has 1 rings (SSSR count). The van der Waals surface area contributed by atoms with Crippen molar-refractivity contribution in [1.82, 2.24) is 10.6 Å². The third-order valence-corrected chi connectivity index (χ3v) is 3.93. The molecule has 0 aromatic carbocycles. The number of hydrogen-bond donors (Lipinski definition) is 2. The first kappa shape index (κ1) is 15.3. The van der Waals surface area contributed by atoms with Gasteiger partial charge in [-0.25, -0.2) is 0 Å². The van der Waals surface area contributed by atoms with E-state index in [1.165, 1.54) is 32.1 Å². The summed E-state index contributed by atoms with van der Waals surface area (Å²) in [6.07, 6.45) is 7.54. The molecule has 0 heterocycles. The van der Waals surface area contributed by atoms with Gasteiger partial charge in [0.15, 0.2) is 5.96 Å². The van der Waals surface area contributed by atoms with Gasteiger partial charge in [-0.05, 0) is 31.1 Å². The van der Waals surface area contributed by atoms with Gasteiger partial charge in [-0.1, -0.05) is 19.8 Å². The molecule has 0 aliphatic heterocycles. The Morgan fingerprint density at radius 1 is 1.33 bits per heavy atom. The number of unbranched alkanes of at least 4 members (excludes halogenated alkanes) is 1. The van der Waals surface area contributed by atoms with Gasteiger partial charge in [-0.15, -0.1) is 0 Å². The molecule has 0 spiro atoms. The van der Waals surface area contributed by atoms with Crippen LogP contribution >= 0.6 is 0 Å². The predicted octanol–water partition coefficient (Wildman–Crippen LogP) is 2.16. The zero-order valence-electron chi connectivity index (χ0n) is 12.2. The molecular formula is C14H29N3O. The van der Waals surface area contributed by atoms with Crippen LogP contribution in [0.25, 0.3) is 0 Å². The van der Waals surface area contributed by atoms with E-state index in [0.717, 1.165) is 32.1 Å². The minimum absolute atomic E-state index is 0.443. The number of rotatable bonds is 8. The molecule has 0 bridgehead atoms. The van der Waals surface area contributed by atoms with Crippen molar-refractivity contribution in [2.24, 2.45) is 10.4 Å². The number of nitrogens with zero attached hydrogens (tertiary/aromatic N) is 1. The third kappa shape index (κ3) is 4.84. The summed E-state index contributed by atoms with van der Waals surface area (Å²) in [6.45, 7) is 5.08. The number of nitrogens with one attached hydrogen (secondary N) is 2. The Labute approximate surface area is 112 Å². The van der Waals surface area contributed by atoms with E-state index in [0.29, 0.717) is 5.41 Å². The molecule has 1 fully saturated rings. The van der Waals surface area contributed by atoms with Gasteiger partial charge in [0.1, 0.15) is 0 Å². The van der Waals surface area contributed by atoms with Crippen molar-refractivity contribution in [1.29, 1.82) is 0 Å². The molecule has 18 heavy (non-hydrogen) atoms. The van der Waals surface area contributed by atoms with Crippen molar-refractivity contribution in [3.05, 3.63) is 0 Å². The summed E-state index contributed by atoms with van der Waals surface area (Å²) in [4.78, 5) is 4.26. The Morgan fingerprint density at radius 3 is 2.61 bits per heavy atom. The highest BCUT2D eigenvalue weighted by Crippen LogP contribution is 2.43. The van der Waals surface area contributed by atoms with Crippen LogP contribution in [-0.2, 0) is 4.74 Å². The highest BCUT2D eigenvalue weighted by Gasteiger charge is 2.36. The van der Waals surface area contributed by atoms with Crippen molar-refractivity contribution in [2.75, 3.05) is 33.9 Å². The summed E-state index contributed by atoms with van der Waals surface area (Å²) in [5.74, 6) is 0.937. The first-order chi connectivity index (χ1) is 8.76. The Kier molecular flexibility index (Phi) is 7.09. The Hall–Kier alpha value is -0.770. The molecule has 4 nitrogen and oxygen atoms in total. The van der Waals surface area contributed by atoms with Crippen molar-refractivity contribution in [3.63, 3.8) is 0 Å². The molecule has 106 valence electrons. The minimum Gasteiger partial charge on any atom is -0.385 e. The van der Waals surface area contributed by atoms with Crippen LogP contribution < -0.4 is 10.6 Å². The fourth-order valence-electron chi connectivity index (χ4n) is 2.39. The maximum atomic E-state index is 5.21. The van der Waals surface area contributed by atoms with Gasteiger partial charge in [0, 0.05) is 33.9 Å². The molecule has 0 aromatic rings. The summed E-state index contributed by atoms with van der Waals surface area (Å²) in [5, 5.41) is 6.82. The molecular weight excluding hydrogens is 226 g/mol. The lowest BCUT2D eigenvalue weighted by atomic mass is 9.67. The number of methoxy groups -OCH3 is 1. The van der Waals surface area contributed by atoms with Crippen molar-refractivity contribution >= 4 is 5.96 Å². The van der Waals surface area contributed by atoms with Crippen LogP contribution in [0, 0.1) is 5.41 Å². The molecule has 0 atom stereocenters. The maximum absolute atomic E-state index is 5.21. The SMILES string of the molecule is CCCCNC(=NC)NCC1(CCOC)CCC1. The topological polar surface area (TPSA) is 45.7 Å². The average Bonchev–Trinajstić information content (AvgIpc) is 2.35. The fraction of sp³-hybridized carbons (Fsp3) is 0.929. The summed E-state index contributed by atoms with van der Waals surface area (Å²) in [7, 11) is 3.62. The highest BCUT2D eigenvalue weighted by molar-refractivity contribution is 5.79. The zero-order chi connectivity index (χ0) is 13.3. The summed E-state index contributed by atoms with van der Waals surface area (Å²) in [6, 6.07) is 0. The molecule has 1 aliphatic rings. The van der Waals surface area contributed by atoms with Crippen LogP contribution in [0.4, 0.5) is 0 Å². The first-order valence-corrected chi connectivity index (χ1v) is 7.20. The highest BCUT2D eigenvalue weighted by atomic mass is 16.5. The molecule has 1 saturated carbocycles. The van der Waals surface area contributed by atoms with Crippen molar-refractivity contribution < 1.29 is 4.74 Å². The predicted molar refractivity (Wildman–Crippen MR) is 77.0 cm³/mol. The number of aliphatic imine (C=N–C) groups is 1. The van der Waals surface area contributed by atoms with Gasteiger partial charge >= 0.3 is 0 Å². The standard InChI is InChI=1S/C14H29N3O/c1-4-5-10-16-13(15-2)17-12-14(7-6-8-14)9-11-18-3/h4-12H2,1-3H3,(H2,15,16,17). The Balaban J connectivity index is 2.27. The molecule has 0 unspecified atom stereocenters. The Morgan fingerprint density at radius 2 is 2.11 bits per heavy atom. The minimum atomic E-state index is 0.443. The van der Waals surface area contributed by atoms with E-state index in [-0.39, 0.29) is 0 Å². The van der Waals surface area contributed by atoms with Crippen molar-refractivity contribution in [3.8, 4) is 0 Å². The molecule has 0 saturated heterocycles. The van der Waals surface area contributed by atoms with Crippen LogP contribution in [0.5, 0.6) is 0 Å². The third-order valence-electron chi connectivity index (χ3n) is 3.93. The second kappa shape index (κ2) is 8.35. The lowest BCUT2D eigenvalue weighted by Gasteiger charge is -2.42. The molecule has 4 heteroatoms. The Bertz CT molecular complexity index is 249. The summed E-state index contributed by atoms with van der Waals surface area (Å²) >= 11 is 0. The maximum Gasteiger partial charge on any atom is 0.190 e. The van der Waals surface area contributed by atoms with Gasteiger partial charge < -0.3 is 15.4 Å². The van der Waals surface area contributed by atoms with Gasteiger partial charge in [0.05, 0.1) is 0 Å². The lowest BCUT2D eigenvalue weighted by molar-refractivity contribution is 0.0732. The number of ether oxygens (including phenoxy) is 1. The molecule has 2 N–H and O–H groups in total. The van der Waals surface area contributed by atoms with Crippen LogP contribution in [0.2, 0.25) is 0 Å². The van der Waals surface area contributed by atoms with Gasteiger partial charge in [-0.3, -0.25) is 4.99 Å². The van der Waals surface area contributed by atoms with Gasteiger partial charge in [0.2, 0.25) is 0 Å². The second-order valence-corrected chi connectivity index (χ2v) is 5.30. The first-order valence-electron chi connectivity index (χ1n) is 7.20. The summed E-state index contributed by atoms with van der Waals surface area (Å²) < 4.78 is 5.21. The quantitative estimate of drug-likeness (QED) is 0.397. The van der Waals surface area contributed by atoms with E-state index in [4.69, 9.17) is 4.74 Å². The molecule has 1 aliphatic carbocycles. The number of hydrogen-bond acceptors (Lipinski definition) is 2. The fourth-order valence-corrected chi connectivity index (χ4v) is 2.39. The average molecular weight is 255 g/mol. The lowest BCUT2D eigenvalue weighted by Crippen LogP contribution is -2.47. The van der Waals surface area contributed by atoms with Gasteiger partial charge in [0.25, 0.3) is 0 Å². The van der Waals surface area contributed by atoms with E-state index >= 15 is 0 Å². The normalized spacial score (nSPS) is 18.3. The molecule has 0 amide bonds. The molecule has 0 radical (unpaired) electrons. The van der Waals surface area contributed by atoms with E-state index < -0.39 is 0 Å². The van der Waals surface area contributed by atoms with E-state index in [1.54, 1.807) is 7.11 Å². The van der Waals surface area contributed by atoms with Crippen LogP contribution in [0.1, 0.15) is 45.4 Å². The number of guanidine groups is 1. The van der Waals surface area contributed by atoms with E-state index in [1.807, 2.05) is 7.05 Å². The van der Waals surface area contributed by atoms with E-state index in [9.17, 15) is 0 Å². The summed E-state index contributed by atoms with van der Waals surface area (Å²) in [5.41, 5.74) is 0.443. The smallest absolute Gasteiger partial charge is 0.190 e. The largest absolute Gasteiger partial charge is 0.385 e. The molecule has 0 aromatic heterocycles.